The Hall–Kier alpha value is -1.37. The monoisotopic (exact) mass is 344 g/mol. The lowest BCUT2D eigenvalue weighted by molar-refractivity contribution is 0.473. The van der Waals surface area contributed by atoms with Crippen LogP contribution in [0.3, 0.4) is 0 Å². The van der Waals surface area contributed by atoms with E-state index in [0.29, 0.717) is 4.47 Å². The third kappa shape index (κ3) is 2.72. The van der Waals surface area contributed by atoms with E-state index in [-0.39, 0.29) is 16.7 Å². The van der Waals surface area contributed by atoms with Gasteiger partial charge in [-0.15, -0.1) is 0 Å². The van der Waals surface area contributed by atoms with Gasteiger partial charge in [0, 0.05) is 15.6 Å². The summed E-state index contributed by atoms with van der Waals surface area (Å²) in [5.41, 5.74) is 2.58. The molecule has 6 heteroatoms. The second-order valence-electron chi connectivity index (χ2n) is 4.37. The predicted octanol–water partition coefficient (Wildman–Crippen LogP) is 3.73. The van der Waals surface area contributed by atoms with Crippen molar-refractivity contribution in [3.63, 3.8) is 0 Å². The molecule has 0 amide bonds. The third-order valence-electron chi connectivity index (χ3n) is 3.05. The molecule has 3 N–H and O–H groups in total. The zero-order valence-corrected chi connectivity index (χ0v) is 12.1. The molecule has 1 unspecified atom stereocenters. The Kier molecular flexibility index (Phi) is 4.47. The molecule has 0 aliphatic carbocycles. The molecule has 0 radical (unpaired) electrons. The second-order valence-corrected chi connectivity index (χ2v) is 5.28. The summed E-state index contributed by atoms with van der Waals surface area (Å²) in [4.78, 5) is 0. The van der Waals surface area contributed by atoms with Gasteiger partial charge in [-0.3, -0.25) is 5.84 Å². The molecule has 2 aromatic carbocycles. The van der Waals surface area contributed by atoms with E-state index in [1.807, 2.05) is 0 Å². The zero-order valence-electron chi connectivity index (χ0n) is 10.6. The molecule has 0 heterocycles. The Bertz CT molecular complexity index is 647. The third-order valence-corrected chi connectivity index (χ3v) is 3.55. The molecule has 20 heavy (non-hydrogen) atoms. The fourth-order valence-corrected chi connectivity index (χ4v) is 2.35. The minimum absolute atomic E-state index is 0.0485. The van der Waals surface area contributed by atoms with Crippen molar-refractivity contribution in [2.24, 2.45) is 5.84 Å². The maximum Gasteiger partial charge on any atom is 0.164 e. The first-order valence-electron chi connectivity index (χ1n) is 5.81. The van der Waals surface area contributed by atoms with Gasteiger partial charge >= 0.3 is 0 Å². The van der Waals surface area contributed by atoms with Crippen molar-refractivity contribution in [2.45, 2.75) is 13.0 Å². The number of halogens is 4. The Morgan fingerprint density at radius 1 is 1.05 bits per heavy atom. The lowest BCUT2D eigenvalue weighted by atomic mass is 9.97. The van der Waals surface area contributed by atoms with Gasteiger partial charge in [0.1, 0.15) is 5.82 Å². The van der Waals surface area contributed by atoms with Crippen LogP contribution < -0.4 is 11.3 Å². The molecule has 1 atom stereocenters. The molecular formula is C14H12BrF3N2. The van der Waals surface area contributed by atoms with Crippen molar-refractivity contribution < 1.29 is 13.2 Å². The predicted molar refractivity (Wildman–Crippen MR) is 74.4 cm³/mol. The summed E-state index contributed by atoms with van der Waals surface area (Å²) in [5, 5.41) is 0. The normalized spacial score (nSPS) is 12.5. The van der Waals surface area contributed by atoms with E-state index in [0.717, 1.165) is 0 Å². The highest BCUT2D eigenvalue weighted by atomic mass is 79.9. The quantitative estimate of drug-likeness (QED) is 0.657. The van der Waals surface area contributed by atoms with E-state index in [9.17, 15) is 13.2 Å². The van der Waals surface area contributed by atoms with E-state index < -0.39 is 23.5 Å². The summed E-state index contributed by atoms with van der Waals surface area (Å²) < 4.78 is 42.1. The van der Waals surface area contributed by atoms with E-state index in [1.165, 1.54) is 37.3 Å². The first kappa shape index (κ1) is 15.0. The smallest absolute Gasteiger partial charge is 0.164 e. The molecule has 106 valence electrons. The summed E-state index contributed by atoms with van der Waals surface area (Å²) in [6.07, 6.45) is 0. The molecular weight excluding hydrogens is 333 g/mol. The summed E-state index contributed by atoms with van der Waals surface area (Å²) in [6.45, 7) is 1.45. The van der Waals surface area contributed by atoms with Crippen LogP contribution in [0.4, 0.5) is 13.2 Å². The maximum absolute atomic E-state index is 14.0. The number of hydrogen-bond donors (Lipinski definition) is 2. The highest BCUT2D eigenvalue weighted by Crippen LogP contribution is 2.29. The minimum atomic E-state index is -1.03. The summed E-state index contributed by atoms with van der Waals surface area (Å²) >= 11 is 3.21. The van der Waals surface area contributed by atoms with Crippen LogP contribution in [0.5, 0.6) is 0 Å². The lowest BCUT2D eigenvalue weighted by Crippen LogP contribution is -2.30. The van der Waals surface area contributed by atoms with Crippen LogP contribution >= 0.6 is 15.9 Å². The minimum Gasteiger partial charge on any atom is -0.271 e. The SMILES string of the molecule is Cc1ccc(C(NN)c2cc(Br)ccc2F)c(F)c1F. The molecule has 2 aromatic rings. The van der Waals surface area contributed by atoms with Crippen LogP contribution in [-0.2, 0) is 0 Å². The Labute approximate surface area is 122 Å². The molecule has 0 spiro atoms. The molecule has 0 saturated heterocycles. The number of benzene rings is 2. The van der Waals surface area contributed by atoms with Crippen molar-refractivity contribution in [1.82, 2.24) is 5.43 Å². The van der Waals surface area contributed by atoms with Crippen LogP contribution in [0.2, 0.25) is 0 Å². The molecule has 0 aliphatic heterocycles. The first-order chi connectivity index (χ1) is 9.45. The van der Waals surface area contributed by atoms with Crippen molar-refractivity contribution >= 4 is 15.9 Å². The number of hydrazine groups is 1. The number of hydrogen-bond acceptors (Lipinski definition) is 2. The van der Waals surface area contributed by atoms with Gasteiger partial charge in [-0.1, -0.05) is 28.1 Å². The summed E-state index contributed by atoms with van der Waals surface area (Å²) in [5.74, 6) is 2.84. The number of nitrogens with two attached hydrogens (primary N) is 1. The summed E-state index contributed by atoms with van der Waals surface area (Å²) in [6, 6.07) is 6.04. The molecule has 2 rings (SSSR count). The molecule has 0 aliphatic rings. The number of nitrogens with one attached hydrogen (secondary N) is 1. The van der Waals surface area contributed by atoms with Gasteiger partial charge in [0.15, 0.2) is 11.6 Å². The van der Waals surface area contributed by atoms with E-state index in [2.05, 4.69) is 21.4 Å². The van der Waals surface area contributed by atoms with E-state index in [1.54, 1.807) is 0 Å². The zero-order chi connectivity index (χ0) is 14.9. The van der Waals surface area contributed by atoms with Crippen LogP contribution in [0.15, 0.2) is 34.8 Å². The Morgan fingerprint density at radius 2 is 1.75 bits per heavy atom. The van der Waals surface area contributed by atoms with Gasteiger partial charge in [0.25, 0.3) is 0 Å². The summed E-state index contributed by atoms with van der Waals surface area (Å²) in [7, 11) is 0. The lowest BCUT2D eigenvalue weighted by Gasteiger charge is -2.19. The van der Waals surface area contributed by atoms with Gasteiger partial charge in [-0.05, 0) is 30.7 Å². The van der Waals surface area contributed by atoms with Crippen LogP contribution in [0, 0.1) is 24.4 Å². The Balaban J connectivity index is 2.58. The highest BCUT2D eigenvalue weighted by molar-refractivity contribution is 9.10. The fraction of sp³-hybridized carbons (Fsp3) is 0.143. The molecule has 0 saturated carbocycles. The molecule has 0 bridgehead atoms. The maximum atomic E-state index is 14.0. The van der Waals surface area contributed by atoms with Crippen LogP contribution in [-0.4, -0.2) is 0 Å². The van der Waals surface area contributed by atoms with Gasteiger partial charge in [0.05, 0.1) is 6.04 Å². The molecule has 0 aromatic heterocycles. The number of aryl methyl sites for hydroxylation is 1. The van der Waals surface area contributed by atoms with Crippen molar-refractivity contribution in [2.75, 3.05) is 0 Å². The van der Waals surface area contributed by atoms with E-state index >= 15 is 0 Å². The van der Waals surface area contributed by atoms with E-state index in [4.69, 9.17) is 5.84 Å². The topological polar surface area (TPSA) is 38.0 Å². The van der Waals surface area contributed by atoms with Gasteiger partial charge < -0.3 is 0 Å². The molecule has 2 nitrogen and oxygen atoms in total. The molecule has 0 fully saturated rings. The van der Waals surface area contributed by atoms with Crippen LogP contribution in [0.25, 0.3) is 0 Å². The largest absolute Gasteiger partial charge is 0.271 e. The highest BCUT2D eigenvalue weighted by Gasteiger charge is 2.23. The van der Waals surface area contributed by atoms with Crippen molar-refractivity contribution in [1.29, 1.82) is 0 Å². The fourth-order valence-electron chi connectivity index (χ4n) is 1.97. The van der Waals surface area contributed by atoms with Crippen molar-refractivity contribution in [3.05, 3.63) is 68.9 Å². The second kappa shape index (κ2) is 5.95. The van der Waals surface area contributed by atoms with Gasteiger partial charge in [-0.25, -0.2) is 18.6 Å². The standard InChI is InChI=1S/C14H12BrF3N2/c1-7-2-4-9(13(18)12(7)17)14(20-19)10-6-8(15)3-5-11(10)16/h2-6,14,20H,19H2,1H3. The van der Waals surface area contributed by atoms with Gasteiger partial charge in [-0.2, -0.15) is 0 Å². The van der Waals surface area contributed by atoms with Crippen LogP contribution in [0.1, 0.15) is 22.7 Å². The first-order valence-corrected chi connectivity index (χ1v) is 6.60. The van der Waals surface area contributed by atoms with Gasteiger partial charge in [0.2, 0.25) is 0 Å². The average Bonchev–Trinajstić information content (AvgIpc) is 2.43. The van der Waals surface area contributed by atoms with Crippen molar-refractivity contribution in [3.8, 4) is 0 Å². The number of rotatable bonds is 3. The Morgan fingerprint density at radius 3 is 2.40 bits per heavy atom. The average molecular weight is 345 g/mol.